The molecule has 0 amide bonds. The van der Waals surface area contributed by atoms with Crippen LogP contribution in [-0.2, 0) is 16.6 Å². The van der Waals surface area contributed by atoms with Gasteiger partial charge in [-0.05, 0) is 75.9 Å². The van der Waals surface area contributed by atoms with Gasteiger partial charge < -0.3 is 0 Å². The minimum absolute atomic E-state index is 0.00514. The smallest absolute Gasteiger partial charge is 0.261 e. The maximum absolute atomic E-state index is 13.2. The van der Waals surface area contributed by atoms with Gasteiger partial charge in [-0.25, -0.2) is 22.5 Å². The molecule has 0 bridgehead atoms. The Balaban J connectivity index is 1.33. The SMILES string of the molecule is Cc1ccccc1C1=Nc2c(Br)cnn2C(NCc2cccc(NS(=O)(=O)c3ccc(F)cc3)c2)C1. The molecule has 0 saturated heterocycles. The third-order valence-corrected chi connectivity index (χ3v) is 7.91. The third-order valence-electron chi connectivity index (χ3n) is 5.95. The van der Waals surface area contributed by atoms with Gasteiger partial charge in [0.05, 0.1) is 21.3 Å². The molecule has 1 aromatic heterocycles. The lowest BCUT2D eigenvalue weighted by atomic mass is 9.99. The summed E-state index contributed by atoms with van der Waals surface area (Å²) in [5.41, 5.74) is 4.54. The molecular formula is C26H23BrFN5O2S. The van der Waals surface area contributed by atoms with Gasteiger partial charge in [-0.1, -0.05) is 36.4 Å². The van der Waals surface area contributed by atoms with Gasteiger partial charge in [0.15, 0.2) is 5.82 Å². The van der Waals surface area contributed by atoms with E-state index in [1.807, 2.05) is 22.9 Å². The minimum atomic E-state index is -3.83. The number of aromatic nitrogens is 2. The molecule has 1 unspecified atom stereocenters. The van der Waals surface area contributed by atoms with Crippen molar-refractivity contribution in [2.24, 2.45) is 4.99 Å². The number of aryl methyl sites for hydroxylation is 1. The Labute approximate surface area is 217 Å². The Hall–Kier alpha value is -3.34. The number of nitrogens with one attached hydrogen (secondary N) is 2. The van der Waals surface area contributed by atoms with Crippen LogP contribution in [0.1, 0.15) is 29.3 Å². The first-order chi connectivity index (χ1) is 17.3. The first kappa shape index (κ1) is 24.4. The Kier molecular flexibility index (Phi) is 6.74. The lowest BCUT2D eigenvalue weighted by Gasteiger charge is -2.26. The number of sulfonamides is 1. The van der Waals surface area contributed by atoms with Crippen LogP contribution < -0.4 is 10.0 Å². The van der Waals surface area contributed by atoms with E-state index in [0.717, 1.165) is 44.8 Å². The second-order valence-electron chi connectivity index (χ2n) is 8.49. The zero-order valence-corrected chi connectivity index (χ0v) is 21.7. The molecule has 4 aromatic rings. The van der Waals surface area contributed by atoms with Crippen molar-refractivity contribution in [1.82, 2.24) is 15.1 Å². The fourth-order valence-corrected chi connectivity index (χ4v) is 5.56. The average Bonchev–Trinajstić information content (AvgIpc) is 3.24. The number of anilines is 1. The van der Waals surface area contributed by atoms with Crippen molar-refractivity contribution < 1.29 is 12.8 Å². The van der Waals surface area contributed by atoms with E-state index < -0.39 is 15.8 Å². The molecule has 0 radical (unpaired) electrons. The summed E-state index contributed by atoms with van der Waals surface area (Å²) in [5, 5.41) is 8.02. The first-order valence-electron chi connectivity index (χ1n) is 11.3. The summed E-state index contributed by atoms with van der Waals surface area (Å²) in [6, 6.07) is 20.0. The number of fused-ring (bicyclic) bond motifs is 1. The number of hydrogen-bond donors (Lipinski definition) is 2. The Bertz CT molecular complexity index is 1550. The second-order valence-corrected chi connectivity index (χ2v) is 11.0. The van der Waals surface area contributed by atoms with Crippen LogP contribution in [0.5, 0.6) is 0 Å². The van der Waals surface area contributed by atoms with E-state index in [9.17, 15) is 12.8 Å². The molecule has 36 heavy (non-hydrogen) atoms. The van der Waals surface area contributed by atoms with Gasteiger partial charge in [-0.15, -0.1) is 0 Å². The number of rotatable bonds is 7. The highest BCUT2D eigenvalue weighted by Gasteiger charge is 2.26. The highest BCUT2D eigenvalue weighted by atomic mass is 79.9. The summed E-state index contributed by atoms with van der Waals surface area (Å²) in [6.07, 6.45) is 2.24. The summed E-state index contributed by atoms with van der Waals surface area (Å²) < 4.78 is 43.8. The monoisotopic (exact) mass is 567 g/mol. The van der Waals surface area contributed by atoms with Crippen molar-refractivity contribution in [2.45, 2.75) is 31.0 Å². The van der Waals surface area contributed by atoms with Crippen LogP contribution in [0.2, 0.25) is 0 Å². The van der Waals surface area contributed by atoms with Gasteiger partial charge in [-0.3, -0.25) is 10.0 Å². The van der Waals surface area contributed by atoms with Gasteiger partial charge in [-0.2, -0.15) is 5.10 Å². The number of benzene rings is 3. The number of aliphatic imine (C=N–C) groups is 1. The molecule has 1 atom stereocenters. The predicted octanol–water partition coefficient (Wildman–Crippen LogP) is 5.71. The molecule has 10 heteroatoms. The normalized spacial score (nSPS) is 15.3. The van der Waals surface area contributed by atoms with Crippen LogP contribution in [-0.4, -0.2) is 23.9 Å². The predicted molar refractivity (Wildman–Crippen MR) is 141 cm³/mol. The molecule has 3 aromatic carbocycles. The van der Waals surface area contributed by atoms with Crippen molar-refractivity contribution in [3.8, 4) is 0 Å². The van der Waals surface area contributed by atoms with Gasteiger partial charge in [0, 0.05) is 18.7 Å². The maximum Gasteiger partial charge on any atom is 0.261 e. The standard InChI is InChI=1S/C26H23BrFN5O2S/c1-17-5-2-3-8-22(17)24-14-25(33-26(31-24)23(27)16-30-33)29-15-18-6-4-7-20(13-18)32-36(34,35)21-11-9-19(28)10-12-21/h2-13,16,25,29,32H,14-15H2,1H3. The van der Waals surface area contributed by atoms with Crippen LogP contribution in [0.4, 0.5) is 15.9 Å². The molecular weight excluding hydrogens is 545 g/mol. The number of halogens is 2. The fraction of sp³-hybridized carbons (Fsp3) is 0.154. The topological polar surface area (TPSA) is 88.4 Å². The lowest BCUT2D eigenvalue weighted by Crippen LogP contribution is -2.32. The zero-order chi connectivity index (χ0) is 25.3. The third kappa shape index (κ3) is 5.11. The molecule has 2 heterocycles. The summed E-state index contributed by atoms with van der Waals surface area (Å²) in [4.78, 5) is 4.85. The van der Waals surface area contributed by atoms with Crippen LogP contribution in [0, 0.1) is 12.7 Å². The summed E-state index contributed by atoms with van der Waals surface area (Å²) >= 11 is 3.55. The van der Waals surface area contributed by atoms with E-state index in [1.54, 1.807) is 24.4 Å². The molecule has 7 nitrogen and oxygen atoms in total. The van der Waals surface area contributed by atoms with Crippen molar-refractivity contribution in [1.29, 1.82) is 0 Å². The van der Waals surface area contributed by atoms with Crippen molar-refractivity contribution in [3.63, 3.8) is 0 Å². The van der Waals surface area contributed by atoms with Crippen LogP contribution in [0.3, 0.4) is 0 Å². The van der Waals surface area contributed by atoms with Crippen molar-refractivity contribution in [3.05, 3.63) is 106 Å². The van der Waals surface area contributed by atoms with Crippen LogP contribution in [0.15, 0.2) is 93.4 Å². The Morgan fingerprint density at radius 1 is 1.08 bits per heavy atom. The first-order valence-corrected chi connectivity index (χ1v) is 13.5. The number of nitrogens with zero attached hydrogens (tertiary/aromatic N) is 3. The average molecular weight is 568 g/mol. The van der Waals surface area contributed by atoms with Crippen LogP contribution in [0.25, 0.3) is 0 Å². The highest BCUT2D eigenvalue weighted by Crippen LogP contribution is 2.34. The molecule has 0 spiro atoms. The Morgan fingerprint density at radius 2 is 1.86 bits per heavy atom. The molecule has 0 aliphatic carbocycles. The van der Waals surface area contributed by atoms with E-state index in [2.05, 4.69) is 50.1 Å². The maximum atomic E-state index is 13.2. The summed E-state index contributed by atoms with van der Waals surface area (Å²) in [5.74, 6) is 0.255. The molecule has 0 saturated carbocycles. The quantitative estimate of drug-likeness (QED) is 0.299. The minimum Gasteiger partial charge on any atom is -0.291 e. The van der Waals surface area contributed by atoms with E-state index >= 15 is 0 Å². The van der Waals surface area contributed by atoms with E-state index in [1.165, 1.54) is 12.1 Å². The molecule has 184 valence electrons. The highest BCUT2D eigenvalue weighted by molar-refractivity contribution is 9.10. The second kappa shape index (κ2) is 9.96. The molecule has 2 N–H and O–H groups in total. The molecule has 1 aliphatic rings. The van der Waals surface area contributed by atoms with Crippen molar-refractivity contribution in [2.75, 3.05) is 4.72 Å². The zero-order valence-electron chi connectivity index (χ0n) is 19.3. The van der Waals surface area contributed by atoms with Gasteiger partial charge in [0.1, 0.15) is 12.0 Å². The van der Waals surface area contributed by atoms with Crippen molar-refractivity contribution >= 4 is 43.2 Å². The molecule has 5 rings (SSSR count). The van der Waals surface area contributed by atoms with E-state index in [-0.39, 0.29) is 11.1 Å². The van der Waals surface area contributed by atoms with Gasteiger partial charge in [0.2, 0.25) is 0 Å². The largest absolute Gasteiger partial charge is 0.291 e. The van der Waals surface area contributed by atoms with E-state index in [4.69, 9.17) is 4.99 Å². The molecule has 1 aliphatic heterocycles. The fourth-order valence-electron chi connectivity index (χ4n) is 4.14. The molecule has 0 fully saturated rings. The van der Waals surface area contributed by atoms with Crippen LogP contribution >= 0.6 is 15.9 Å². The summed E-state index contributed by atoms with van der Waals surface area (Å²) in [6.45, 7) is 2.55. The summed E-state index contributed by atoms with van der Waals surface area (Å²) in [7, 11) is -3.83. The van der Waals surface area contributed by atoms with E-state index in [0.29, 0.717) is 18.7 Å². The van der Waals surface area contributed by atoms with Gasteiger partial charge in [0.25, 0.3) is 10.0 Å². The lowest BCUT2D eigenvalue weighted by molar-refractivity contribution is 0.376. The Morgan fingerprint density at radius 3 is 2.64 bits per heavy atom. The van der Waals surface area contributed by atoms with Gasteiger partial charge >= 0.3 is 0 Å². The number of hydrogen-bond acceptors (Lipinski definition) is 5.